The number of rotatable bonds is 5. The number of nitrogens with zero attached hydrogens (tertiary/aromatic N) is 1. The second-order valence-corrected chi connectivity index (χ2v) is 6.57. The number of benzene rings is 2. The molecule has 1 unspecified atom stereocenters. The van der Waals surface area contributed by atoms with Gasteiger partial charge in [-0.1, -0.05) is 42.5 Å². The molecular weight excluding hydrogens is 404 g/mol. The first-order valence-electron chi connectivity index (χ1n) is 8.41. The molecule has 0 bridgehead atoms. The van der Waals surface area contributed by atoms with Crippen molar-refractivity contribution in [1.29, 1.82) is 0 Å². The Morgan fingerprint density at radius 1 is 0.966 bits per heavy atom. The van der Waals surface area contributed by atoms with E-state index in [0.29, 0.717) is 5.56 Å². The average molecular weight is 419 g/mol. The standard InChI is InChI=1S/C19H15F6NO3/c20-18(21,22)11-17(14-6-8-15(9-7-14)28-19(23,24)25)12-26(16(27)29-17)10-13-4-2-1-3-5-13/h1-9H,10-12H2. The molecule has 2 aromatic rings. The summed E-state index contributed by atoms with van der Waals surface area (Å²) in [4.78, 5) is 13.4. The van der Waals surface area contributed by atoms with Crippen LogP contribution in [-0.2, 0) is 16.9 Å². The third-order valence-corrected chi connectivity index (χ3v) is 4.30. The van der Waals surface area contributed by atoms with Crippen molar-refractivity contribution in [3.8, 4) is 5.75 Å². The molecule has 1 saturated heterocycles. The van der Waals surface area contributed by atoms with Gasteiger partial charge in [0.05, 0.1) is 13.0 Å². The fourth-order valence-corrected chi connectivity index (χ4v) is 3.19. The molecule has 0 spiro atoms. The van der Waals surface area contributed by atoms with Gasteiger partial charge in [0.1, 0.15) is 5.75 Å². The monoisotopic (exact) mass is 419 g/mol. The third-order valence-electron chi connectivity index (χ3n) is 4.30. The van der Waals surface area contributed by atoms with Crippen LogP contribution >= 0.6 is 0 Å². The lowest BCUT2D eigenvalue weighted by Crippen LogP contribution is -2.36. The summed E-state index contributed by atoms with van der Waals surface area (Å²) < 4.78 is 85.5. The number of ether oxygens (including phenoxy) is 2. The summed E-state index contributed by atoms with van der Waals surface area (Å²) in [5.74, 6) is -0.589. The van der Waals surface area contributed by atoms with Gasteiger partial charge in [-0.15, -0.1) is 13.2 Å². The second kappa shape index (κ2) is 7.49. The summed E-state index contributed by atoms with van der Waals surface area (Å²) in [6.45, 7) is -0.367. The van der Waals surface area contributed by atoms with Crippen LogP contribution in [0, 0.1) is 0 Å². The molecule has 10 heteroatoms. The summed E-state index contributed by atoms with van der Waals surface area (Å²) in [5, 5.41) is 0. The first-order chi connectivity index (χ1) is 13.5. The van der Waals surface area contributed by atoms with Gasteiger partial charge in [0.2, 0.25) is 0 Å². The zero-order valence-corrected chi connectivity index (χ0v) is 14.8. The molecule has 0 aliphatic carbocycles. The minimum absolute atomic E-state index is 0.0363. The summed E-state index contributed by atoms with van der Waals surface area (Å²) in [7, 11) is 0. The maximum absolute atomic E-state index is 13.2. The van der Waals surface area contributed by atoms with Gasteiger partial charge in [0.25, 0.3) is 0 Å². The quantitative estimate of drug-likeness (QED) is 0.611. The minimum atomic E-state index is -4.93. The topological polar surface area (TPSA) is 38.8 Å². The van der Waals surface area contributed by atoms with E-state index in [1.807, 2.05) is 0 Å². The number of hydrogen-bond donors (Lipinski definition) is 0. The van der Waals surface area contributed by atoms with Crippen molar-refractivity contribution in [3.63, 3.8) is 0 Å². The molecule has 3 rings (SSSR count). The number of amides is 1. The van der Waals surface area contributed by atoms with E-state index in [0.717, 1.165) is 29.2 Å². The molecule has 2 aromatic carbocycles. The van der Waals surface area contributed by atoms with E-state index < -0.39 is 42.9 Å². The second-order valence-electron chi connectivity index (χ2n) is 6.57. The maximum atomic E-state index is 13.2. The zero-order chi connectivity index (χ0) is 21.3. The van der Waals surface area contributed by atoms with E-state index in [9.17, 15) is 31.1 Å². The van der Waals surface area contributed by atoms with Gasteiger partial charge in [-0.25, -0.2) is 4.79 Å². The lowest BCUT2D eigenvalue weighted by atomic mass is 9.89. The number of hydrogen-bond acceptors (Lipinski definition) is 3. The zero-order valence-electron chi connectivity index (χ0n) is 14.8. The predicted octanol–water partition coefficient (Wildman–Crippen LogP) is 5.39. The molecule has 1 fully saturated rings. The van der Waals surface area contributed by atoms with Gasteiger partial charge < -0.3 is 9.47 Å². The lowest BCUT2D eigenvalue weighted by molar-refractivity contribution is -0.274. The number of cyclic esters (lactones) is 1. The molecule has 4 nitrogen and oxygen atoms in total. The summed E-state index contributed by atoms with van der Waals surface area (Å²) in [5.41, 5.74) is -1.45. The Labute approximate surface area is 161 Å². The SMILES string of the molecule is O=C1OC(CC(F)(F)F)(c2ccc(OC(F)(F)F)cc2)CN1Cc1ccccc1. The van der Waals surface area contributed by atoms with Crippen molar-refractivity contribution in [3.05, 3.63) is 65.7 Å². The van der Waals surface area contributed by atoms with E-state index in [1.165, 1.54) is 0 Å². The number of carbonyl (C=O) groups excluding carboxylic acids is 1. The molecule has 1 aliphatic rings. The van der Waals surface area contributed by atoms with E-state index in [-0.39, 0.29) is 12.1 Å². The van der Waals surface area contributed by atoms with E-state index in [1.54, 1.807) is 30.3 Å². The molecule has 1 heterocycles. The van der Waals surface area contributed by atoms with Crippen LogP contribution in [0.1, 0.15) is 17.5 Å². The molecule has 1 aliphatic heterocycles. The largest absolute Gasteiger partial charge is 0.573 e. The molecule has 0 aromatic heterocycles. The number of halogens is 6. The molecule has 0 N–H and O–H groups in total. The van der Waals surface area contributed by atoms with Gasteiger partial charge in [-0.2, -0.15) is 13.2 Å². The molecule has 29 heavy (non-hydrogen) atoms. The Morgan fingerprint density at radius 2 is 1.59 bits per heavy atom. The Morgan fingerprint density at radius 3 is 2.14 bits per heavy atom. The minimum Gasteiger partial charge on any atom is -0.436 e. The van der Waals surface area contributed by atoms with Crippen LogP contribution < -0.4 is 4.74 Å². The third kappa shape index (κ3) is 5.33. The van der Waals surface area contributed by atoms with Crippen molar-refractivity contribution in [2.45, 2.75) is 31.1 Å². The van der Waals surface area contributed by atoms with Crippen molar-refractivity contribution in [2.75, 3.05) is 6.54 Å². The first-order valence-corrected chi connectivity index (χ1v) is 8.41. The highest BCUT2D eigenvalue weighted by atomic mass is 19.4. The van der Waals surface area contributed by atoms with Crippen LogP contribution in [0.2, 0.25) is 0 Å². The summed E-state index contributed by atoms with van der Waals surface area (Å²) >= 11 is 0. The van der Waals surface area contributed by atoms with Crippen LogP contribution in [0.15, 0.2) is 54.6 Å². The van der Waals surface area contributed by atoms with Gasteiger partial charge >= 0.3 is 18.6 Å². The fourth-order valence-electron chi connectivity index (χ4n) is 3.19. The number of alkyl halides is 6. The fraction of sp³-hybridized carbons (Fsp3) is 0.316. The highest BCUT2D eigenvalue weighted by Crippen LogP contribution is 2.43. The van der Waals surface area contributed by atoms with E-state index in [2.05, 4.69) is 4.74 Å². The van der Waals surface area contributed by atoms with Gasteiger partial charge in [-0.3, -0.25) is 4.90 Å². The molecule has 1 atom stereocenters. The lowest BCUT2D eigenvalue weighted by Gasteiger charge is -2.28. The molecule has 1 amide bonds. The maximum Gasteiger partial charge on any atom is 0.573 e. The Balaban J connectivity index is 1.88. The van der Waals surface area contributed by atoms with Crippen molar-refractivity contribution < 1.29 is 40.6 Å². The van der Waals surface area contributed by atoms with Crippen LogP contribution in [0.3, 0.4) is 0 Å². The first kappa shape index (κ1) is 20.8. The van der Waals surface area contributed by atoms with Gasteiger partial charge in [0, 0.05) is 6.54 Å². The molecule has 156 valence electrons. The smallest absolute Gasteiger partial charge is 0.436 e. The van der Waals surface area contributed by atoms with Crippen LogP contribution in [-0.4, -0.2) is 30.1 Å². The van der Waals surface area contributed by atoms with Crippen LogP contribution in [0.4, 0.5) is 31.1 Å². The number of carbonyl (C=O) groups is 1. The van der Waals surface area contributed by atoms with Crippen LogP contribution in [0.25, 0.3) is 0 Å². The van der Waals surface area contributed by atoms with E-state index in [4.69, 9.17) is 4.74 Å². The molecule has 0 radical (unpaired) electrons. The van der Waals surface area contributed by atoms with Gasteiger partial charge in [0.15, 0.2) is 5.60 Å². The van der Waals surface area contributed by atoms with Crippen molar-refractivity contribution >= 4 is 6.09 Å². The Kier molecular flexibility index (Phi) is 5.38. The van der Waals surface area contributed by atoms with E-state index >= 15 is 0 Å². The van der Waals surface area contributed by atoms with Gasteiger partial charge in [-0.05, 0) is 23.3 Å². The normalized spacial score (nSPS) is 19.9. The van der Waals surface area contributed by atoms with Crippen molar-refractivity contribution in [1.82, 2.24) is 4.90 Å². The van der Waals surface area contributed by atoms with Crippen LogP contribution in [0.5, 0.6) is 5.75 Å². The highest BCUT2D eigenvalue weighted by molar-refractivity contribution is 5.71. The highest BCUT2D eigenvalue weighted by Gasteiger charge is 2.53. The van der Waals surface area contributed by atoms with Crippen molar-refractivity contribution in [2.24, 2.45) is 0 Å². The summed E-state index contributed by atoms with van der Waals surface area (Å²) in [6, 6.07) is 12.4. The average Bonchev–Trinajstić information content (AvgIpc) is 2.89. The Bertz CT molecular complexity index is 851. The summed E-state index contributed by atoms with van der Waals surface area (Å²) in [6.07, 6.45) is -12.0. The molecular formula is C19H15F6NO3. The predicted molar refractivity (Wildman–Crippen MR) is 88.8 cm³/mol. The molecule has 0 saturated carbocycles. The Hall–Kier alpha value is -2.91.